The van der Waals surface area contributed by atoms with Crippen LogP contribution in [0.25, 0.3) is 0 Å². The molecular weight excluding hydrogens is 358 g/mol. The fraction of sp³-hybridized carbons (Fsp3) is 0.682. The van der Waals surface area contributed by atoms with Crippen molar-refractivity contribution >= 4 is 5.97 Å². The lowest BCUT2D eigenvalue weighted by molar-refractivity contribution is -0.166. The van der Waals surface area contributed by atoms with Crippen LogP contribution in [0.4, 0.5) is 0 Å². The van der Waals surface area contributed by atoms with E-state index in [9.17, 15) is 9.90 Å². The molecule has 6 heteroatoms. The summed E-state index contributed by atoms with van der Waals surface area (Å²) in [5.41, 5.74) is -0.220. The topological polar surface area (TPSA) is 68.2 Å². The number of carbonyl (C=O) groups is 1. The van der Waals surface area contributed by atoms with Gasteiger partial charge in [0.1, 0.15) is 5.75 Å². The first-order chi connectivity index (χ1) is 13.5. The second-order valence-electron chi connectivity index (χ2n) is 7.77. The monoisotopic (exact) mass is 391 g/mol. The summed E-state index contributed by atoms with van der Waals surface area (Å²) in [6.07, 6.45) is 4.51. The van der Waals surface area contributed by atoms with Gasteiger partial charge in [-0.3, -0.25) is 4.90 Å². The number of benzene rings is 1. The van der Waals surface area contributed by atoms with Gasteiger partial charge in [0.2, 0.25) is 0 Å². The molecule has 1 aromatic rings. The zero-order valence-electron chi connectivity index (χ0n) is 17.2. The predicted octanol–water partition coefficient (Wildman–Crippen LogP) is 3.30. The normalized spacial score (nSPS) is 31.0. The van der Waals surface area contributed by atoms with Crippen molar-refractivity contribution in [2.24, 2.45) is 0 Å². The Bertz CT molecular complexity index is 641. The van der Waals surface area contributed by atoms with E-state index in [4.69, 9.17) is 14.2 Å². The third kappa shape index (κ3) is 4.19. The average Bonchev–Trinajstić information content (AvgIpc) is 3.10. The van der Waals surface area contributed by atoms with Gasteiger partial charge in [0.25, 0.3) is 0 Å². The van der Waals surface area contributed by atoms with Gasteiger partial charge in [-0.1, -0.05) is 12.1 Å². The maximum Gasteiger partial charge on any atom is 0.338 e. The lowest BCUT2D eigenvalue weighted by Gasteiger charge is -2.35. The molecule has 28 heavy (non-hydrogen) atoms. The molecule has 0 unspecified atom stereocenters. The number of nitrogens with zero attached hydrogens (tertiary/aromatic N) is 1. The number of carboxylic acids is 1. The summed E-state index contributed by atoms with van der Waals surface area (Å²) in [6.45, 7) is 6.16. The molecule has 2 fully saturated rings. The van der Waals surface area contributed by atoms with Crippen molar-refractivity contribution in [3.05, 3.63) is 29.8 Å². The number of hydrogen-bond donors (Lipinski definition) is 1. The molecule has 156 valence electrons. The molecular formula is C22H33NO5. The van der Waals surface area contributed by atoms with Crippen LogP contribution in [0.1, 0.15) is 51.0 Å². The molecule has 2 aliphatic rings. The minimum absolute atomic E-state index is 0.208. The maximum atomic E-state index is 12.4. The summed E-state index contributed by atoms with van der Waals surface area (Å²) in [7, 11) is 1.63. The molecule has 1 aromatic carbocycles. The van der Waals surface area contributed by atoms with E-state index in [1.165, 1.54) is 0 Å². The van der Waals surface area contributed by atoms with Gasteiger partial charge in [-0.2, -0.15) is 0 Å². The average molecular weight is 392 g/mol. The Labute approximate surface area is 167 Å². The summed E-state index contributed by atoms with van der Waals surface area (Å²) in [5, 5.41) is 10.2. The van der Waals surface area contributed by atoms with Crippen molar-refractivity contribution in [2.75, 3.05) is 33.4 Å². The van der Waals surface area contributed by atoms with Crippen molar-refractivity contribution in [1.82, 2.24) is 4.90 Å². The zero-order chi connectivity index (χ0) is 20.1. The Kier molecular flexibility index (Phi) is 6.96. The highest BCUT2D eigenvalue weighted by Crippen LogP contribution is 2.42. The minimum atomic E-state index is -1.21. The van der Waals surface area contributed by atoms with Crippen molar-refractivity contribution < 1.29 is 24.1 Å². The number of ether oxygens (including phenoxy) is 3. The molecule has 1 aliphatic heterocycles. The first-order valence-corrected chi connectivity index (χ1v) is 10.4. The molecule has 0 radical (unpaired) electrons. The first-order valence-electron chi connectivity index (χ1n) is 10.4. The highest BCUT2D eigenvalue weighted by atomic mass is 16.5. The zero-order valence-corrected chi connectivity index (χ0v) is 17.2. The van der Waals surface area contributed by atoms with Gasteiger partial charge >= 0.3 is 5.97 Å². The molecule has 2 atom stereocenters. The van der Waals surface area contributed by atoms with Crippen LogP contribution in [-0.4, -0.2) is 67.1 Å². The Hall–Kier alpha value is -1.63. The van der Waals surface area contributed by atoms with Gasteiger partial charge in [0.05, 0.1) is 13.2 Å². The quantitative estimate of drug-likeness (QED) is 0.733. The van der Waals surface area contributed by atoms with Crippen LogP contribution in [0.2, 0.25) is 0 Å². The molecule has 0 bridgehead atoms. The van der Waals surface area contributed by atoms with Crippen LogP contribution < -0.4 is 4.74 Å². The van der Waals surface area contributed by atoms with E-state index < -0.39 is 11.6 Å². The Morgan fingerprint density at radius 2 is 1.82 bits per heavy atom. The number of likely N-dealkylation sites (tertiary alicyclic amines) is 1. The smallest absolute Gasteiger partial charge is 0.338 e. The first kappa shape index (κ1) is 21.1. The Morgan fingerprint density at radius 3 is 2.36 bits per heavy atom. The fourth-order valence-corrected chi connectivity index (χ4v) is 4.84. The second kappa shape index (κ2) is 9.25. The van der Waals surface area contributed by atoms with E-state index in [-0.39, 0.29) is 5.92 Å². The SMILES string of the molecule is CCOC1CCC(N2C[C@@H](c3ccc(OC)cc3)[C@](OCC)(C(=O)O)C2)CC1. The summed E-state index contributed by atoms with van der Waals surface area (Å²) in [5.74, 6) is -0.314. The van der Waals surface area contributed by atoms with Crippen molar-refractivity contribution in [3.8, 4) is 5.75 Å². The second-order valence-corrected chi connectivity index (χ2v) is 7.77. The van der Waals surface area contributed by atoms with E-state index in [0.29, 0.717) is 31.8 Å². The molecule has 0 aromatic heterocycles. The molecule has 1 saturated carbocycles. The summed E-state index contributed by atoms with van der Waals surface area (Å²) < 4.78 is 17.0. The Balaban J connectivity index is 1.81. The van der Waals surface area contributed by atoms with Gasteiger partial charge in [-0.25, -0.2) is 4.79 Å². The summed E-state index contributed by atoms with van der Waals surface area (Å²) in [4.78, 5) is 14.7. The molecule has 0 spiro atoms. The number of rotatable bonds is 8. The van der Waals surface area contributed by atoms with Gasteiger partial charge in [-0.15, -0.1) is 0 Å². The van der Waals surface area contributed by atoms with Gasteiger partial charge in [-0.05, 0) is 57.2 Å². The van der Waals surface area contributed by atoms with Gasteiger partial charge in [0.15, 0.2) is 5.60 Å². The molecule has 1 aliphatic carbocycles. The lowest BCUT2D eigenvalue weighted by atomic mass is 9.84. The van der Waals surface area contributed by atoms with E-state index in [2.05, 4.69) is 4.90 Å². The molecule has 1 saturated heterocycles. The summed E-state index contributed by atoms with van der Waals surface area (Å²) >= 11 is 0. The fourth-order valence-electron chi connectivity index (χ4n) is 4.84. The molecule has 3 rings (SSSR count). The van der Waals surface area contributed by atoms with E-state index in [1.807, 2.05) is 38.1 Å². The number of aliphatic carboxylic acids is 1. The molecule has 6 nitrogen and oxygen atoms in total. The number of hydrogen-bond acceptors (Lipinski definition) is 5. The maximum absolute atomic E-state index is 12.4. The molecule has 1 heterocycles. The number of methoxy groups -OCH3 is 1. The Morgan fingerprint density at radius 1 is 1.14 bits per heavy atom. The van der Waals surface area contributed by atoms with Gasteiger partial charge in [0, 0.05) is 38.3 Å². The lowest BCUT2D eigenvalue weighted by Crippen LogP contribution is -2.49. The summed E-state index contributed by atoms with van der Waals surface area (Å²) in [6, 6.07) is 8.11. The van der Waals surface area contributed by atoms with Crippen molar-refractivity contribution in [1.29, 1.82) is 0 Å². The van der Waals surface area contributed by atoms with Crippen LogP contribution in [-0.2, 0) is 14.3 Å². The van der Waals surface area contributed by atoms with Crippen LogP contribution in [0.3, 0.4) is 0 Å². The molecule has 0 amide bonds. The molecule has 1 N–H and O–H groups in total. The van der Waals surface area contributed by atoms with Gasteiger partial charge < -0.3 is 19.3 Å². The van der Waals surface area contributed by atoms with Crippen LogP contribution in [0.15, 0.2) is 24.3 Å². The minimum Gasteiger partial charge on any atom is -0.497 e. The van der Waals surface area contributed by atoms with Crippen molar-refractivity contribution in [2.45, 2.75) is 63.2 Å². The van der Waals surface area contributed by atoms with Crippen molar-refractivity contribution in [3.63, 3.8) is 0 Å². The van der Waals surface area contributed by atoms with E-state index >= 15 is 0 Å². The third-order valence-corrected chi connectivity index (χ3v) is 6.26. The standard InChI is InChI=1S/C22H33NO5/c1-4-27-19-12-8-17(9-13-19)23-14-20(16-6-10-18(26-3)11-7-16)22(15-23,21(24)25)28-5-2/h6-7,10-11,17,19-20H,4-5,8-9,12-15H2,1-3H3,(H,24,25)/t17?,19?,20-,22-/m0/s1. The highest BCUT2D eigenvalue weighted by Gasteiger charge is 2.55. The van der Waals surface area contributed by atoms with Crippen LogP contribution >= 0.6 is 0 Å². The van der Waals surface area contributed by atoms with E-state index in [1.54, 1.807) is 7.11 Å². The number of carboxylic acid groups (broad SMARTS) is 1. The predicted molar refractivity (Wildman–Crippen MR) is 107 cm³/mol. The van der Waals surface area contributed by atoms with Crippen LogP contribution in [0, 0.1) is 0 Å². The highest BCUT2D eigenvalue weighted by molar-refractivity contribution is 5.80. The third-order valence-electron chi connectivity index (χ3n) is 6.26. The van der Waals surface area contributed by atoms with E-state index in [0.717, 1.165) is 43.6 Å². The largest absolute Gasteiger partial charge is 0.497 e. The van der Waals surface area contributed by atoms with Crippen LogP contribution in [0.5, 0.6) is 5.75 Å².